The lowest BCUT2D eigenvalue weighted by molar-refractivity contribution is -0.136. The SMILES string of the molecule is COc1cc(O)ccc1CCC(=O)O. The molecule has 0 fully saturated rings. The number of hydrogen-bond donors (Lipinski definition) is 2. The fraction of sp³-hybridized carbons (Fsp3) is 0.300. The third-order valence-corrected chi connectivity index (χ3v) is 1.88. The molecule has 0 aromatic heterocycles. The quantitative estimate of drug-likeness (QED) is 0.764. The van der Waals surface area contributed by atoms with Gasteiger partial charge in [0.25, 0.3) is 0 Å². The van der Waals surface area contributed by atoms with Crippen LogP contribution < -0.4 is 4.74 Å². The van der Waals surface area contributed by atoms with Gasteiger partial charge in [-0.25, -0.2) is 0 Å². The number of methoxy groups -OCH3 is 1. The van der Waals surface area contributed by atoms with E-state index in [4.69, 9.17) is 14.9 Å². The van der Waals surface area contributed by atoms with Crippen molar-refractivity contribution in [3.63, 3.8) is 0 Å². The van der Waals surface area contributed by atoms with Gasteiger partial charge >= 0.3 is 5.97 Å². The van der Waals surface area contributed by atoms with E-state index in [9.17, 15) is 4.79 Å². The van der Waals surface area contributed by atoms with Gasteiger partial charge in [-0.15, -0.1) is 0 Å². The Hall–Kier alpha value is -1.71. The minimum atomic E-state index is -0.847. The predicted octanol–water partition coefficient (Wildman–Crippen LogP) is 1.42. The molecule has 0 bridgehead atoms. The van der Waals surface area contributed by atoms with Crippen LogP contribution in [0.4, 0.5) is 0 Å². The summed E-state index contributed by atoms with van der Waals surface area (Å²) in [6.07, 6.45) is 0.458. The number of phenolic OH excluding ortho intramolecular Hbond substituents is 1. The minimum Gasteiger partial charge on any atom is -0.508 e. The van der Waals surface area contributed by atoms with Crippen LogP contribution in [0, 0.1) is 0 Å². The van der Waals surface area contributed by atoms with Crippen LogP contribution in [0.25, 0.3) is 0 Å². The first kappa shape index (κ1) is 10.4. The van der Waals surface area contributed by atoms with Crippen molar-refractivity contribution < 1.29 is 19.7 Å². The van der Waals surface area contributed by atoms with Gasteiger partial charge in [-0.05, 0) is 18.1 Å². The van der Waals surface area contributed by atoms with E-state index in [2.05, 4.69) is 0 Å². The number of benzene rings is 1. The average Bonchev–Trinajstić information content (AvgIpc) is 2.15. The molecule has 0 saturated heterocycles. The lowest BCUT2D eigenvalue weighted by Crippen LogP contribution is -1.99. The van der Waals surface area contributed by atoms with Gasteiger partial charge < -0.3 is 14.9 Å². The molecule has 0 saturated carbocycles. The fourth-order valence-electron chi connectivity index (χ4n) is 1.18. The number of carbonyl (C=O) groups is 1. The highest BCUT2D eigenvalue weighted by molar-refractivity contribution is 5.67. The van der Waals surface area contributed by atoms with E-state index in [1.54, 1.807) is 6.07 Å². The molecule has 1 aromatic rings. The lowest BCUT2D eigenvalue weighted by Gasteiger charge is -2.07. The van der Waals surface area contributed by atoms with E-state index in [1.807, 2.05) is 0 Å². The van der Waals surface area contributed by atoms with E-state index < -0.39 is 5.97 Å². The second-order valence-corrected chi connectivity index (χ2v) is 2.89. The summed E-state index contributed by atoms with van der Waals surface area (Å²) in [6, 6.07) is 4.65. The fourth-order valence-corrected chi connectivity index (χ4v) is 1.18. The monoisotopic (exact) mass is 196 g/mol. The standard InChI is InChI=1S/C10H12O4/c1-14-9-6-8(11)4-2-7(9)3-5-10(12)13/h2,4,6,11H,3,5H2,1H3,(H,12,13). The van der Waals surface area contributed by atoms with E-state index in [1.165, 1.54) is 19.2 Å². The smallest absolute Gasteiger partial charge is 0.303 e. The predicted molar refractivity (Wildman–Crippen MR) is 50.6 cm³/mol. The van der Waals surface area contributed by atoms with E-state index in [-0.39, 0.29) is 12.2 Å². The van der Waals surface area contributed by atoms with Gasteiger partial charge in [0.2, 0.25) is 0 Å². The Morgan fingerprint density at radius 3 is 2.79 bits per heavy atom. The van der Waals surface area contributed by atoms with E-state index in [0.29, 0.717) is 12.2 Å². The summed E-state index contributed by atoms with van der Waals surface area (Å²) in [5.41, 5.74) is 0.785. The number of carboxylic acids is 1. The molecule has 0 heterocycles. The normalized spacial score (nSPS) is 9.79. The first-order valence-corrected chi connectivity index (χ1v) is 4.21. The maximum absolute atomic E-state index is 10.3. The average molecular weight is 196 g/mol. The summed E-state index contributed by atoms with van der Waals surface area (Å²) in [5.74, 6) is -0.215. The molecule has 0 spiro atoms. The van der Waals surface area contributed by atoms with Crippen molar-refractivity contribution in [1.82, 2.24) is 0 Å². The van der Waals surface area contributed by atoms with Gasteiger partial charge in [-0.1, -0.05) is 6.07 Å². The number of ether oxygens (including phenoxy) is 1. The second kappa shape index (κ2) is 4.50. The molecule has 1 rings (SSSR count). The number of aromatic hydroxyl groups is 1. The van der Waals surface area contributed by atoms with Crippen LogP contribution in [0.1, 0.15) is 12.0 Å². The summed E-state index contributed by atoms with van der Waals surface area (Å²) in [5, 5.41) is 17.7. The third-order valence-electron chi connectivity index (χ3n) is 1.88. The molecule has 76 valence electrons. The molecule has 4 heteroatoms. The zero-order valence-electron chi connectivity index (χ0n) is 7.86. The molecule has 2 N–H and O–H groups in total. The molecule has 0 aliphatic heterocycles. The molecule has 0 aliphatic rings. The summed E-state index contributed by atoms with van der Waals surface area (Å²) in [4.78, 5) is 10.3. The molecule has 14 heavy (non-hydrogen) atoms. The van der Waals surface area contributed by atoms with Crippen LogP contribution in [-0.4, -0.2) is 23.3 Å². The van der Waals surface area contributed by atoms with Crippen molar-refractivity contribution >= 4 is 5.97 Å². The molecule has 0 aliphatic carbocycles. The van der Waals surface area contributed by atoms with Crippen LogP contribution in [0.3, 0.4) is 0 Å². The molecule has 1 aromatic carbocycles. The van der Waals surface area contributed by atoms with Crippen LogP contribution in [0.2, 0.25) is 0 Å². The third kappa shape index (κ3) is 2.65. The number of rotatable bonds is 4. The van der Waals surface area contributed by atoms with E-state index >= 15 is 0 Å². The lowest BCUT2D eigenvalue weighted by atomic mass is 10.1. The van der Waals surface area contributed by atoms with Crippen molar-refractivity contribution in [1.29, 1.82) is 0 Å². The Bertz CT molecular complexity index is 333. The largest absolute Gasteiger partial charge is 0.508 e. The first-order chi connectivity index (χ1) is 6.63. The van der Waals surface area contributed by atoms with Gasteiger partial charge in [-0.2, -0.15) is 0 Å². The number of hydrogen-bond acceptors (Lipinski definition) is 3. The molecular formula is C10H12O4. The summed E-state index contributed by atoms with van der Waals surface area (Å²) >= 11 is 0. The molecule has 0 unspecified atom stereocenters. The highest BCUT2D eigenvalue weighted by Crippen LogP contribution is 2.24. The maximum Gasteiger partial charge on any atom is 0.303 e. The summed E-state index contributed by atoms with van der Waals surface area (Å²) in [7, 11) is 1.49. The highest BCUT2D eigenvalue weighted by atomic mass is 16.5. The molecule has 0 radical (unpaired) electrons. The highest BCUT2D eigenvalue weighted by Gasteiger charge is 2.06. The Labute approximate surface area is 81.8 Å². The number of phenols is 1. The molecule has 4 nitrogen and oxygen atoms in total. The van der Waals surface area contributed by atoms with Crippen LogP contribution in [0.15, 0.2) is 18.2 Å². The molecule has 0 amide bonds. The van der Waals surface area contributed by atoms with Crippen molar-refractivity contribution in [3.8, 4) is 11.5 Å². The Kier molecular flexibility index (Phi) is 3.34. The van der Waals surface area contributed by atoms with Crippen molar-refractivity contribution in [2.24, 2.45) is 0 Å². The van der Waals surface area contributed by atoms with Gasteiger partial charge in [0, 0.05) is 12.5 Å². The Balaban J connectivity index is 2.80. The van der Waals surface area contributed by atoms with Crippen molar-refractivity contribution in [2.75, 3.05) is 7.11 Å². The maximum atomic E-state index is 10.3. The summed E-state index contributed by atoms with van der Waals surface area (Å²) in [6.45, 7) is 0. The van der Waals surface area contributed by atoms with Crippen molar-refractivity contribution in [2.45, 2.75) is 12.8 Å². The van der Waals surface area contributed by atoms with E-state index in [0.717, 1.165) is 5.56 Å². The Morgan fingerprint density at radius 1 is 1.50 bits per heavy atom. The Morgan fingerprint density at radius 2 is 2.21 bits per heavy atom. The molecule has 0 atom stereocenters. The zero-order chi connectivity index (χ0) is 10.6. The summed E-state index contributed by atoms with van der Waals surface area (Å²) < 4.78 is 5.01. The minimum absolute atomic E-state index is 0.0567. The zero-order valence-corrected chi connectivity index (χ0v) is 7.86. The van der Waals surface area contributed by atoms with Gasteiger partial charge in [0.15, 0.2) is 0 Å². The van der Waals surface area contributed by atoms with Crippen LogP contribution in [0.5, 0.6) is 11.5 Å². The number of carboxylic acid groups (broad SMARTS) is 1. The van der Waals surface area contributed by atoms with Crippen LogP contribution in [-0.2, 0) is 11.2 Å². The van der Waals surface area contributed by atoms with Crippen molar-refractivity contribution in [3.05, 3.63) is 23.8 Å². The van der Waals surface area contributed by atoms with Gasteiger partial charge in [-0.3, -0.25) is 4.79 Å². The molecular weight excluding hydrogens is 184 g/mol. The number of aryl methyl sites for hydroxylation is 1. The van der Waals surface area contributed by atoms with Gasteiger partial charge in [0.1, 0.15) is 11.5 Å². The van der Waals surface area contributed by atoms with Crippen LogP contribution >= 0.6 is 0 Å². The topological polar surface area (TPSA) is 66.8 Å². The number of aliphatic carboxylic acids is 1. The second-order valence-electron chi connectivity index (χ2n) is 2.89. The van der Waals surface area contributed by atoms with Gasteiger partial charge in [0.05, 0.1) is 7.11 Å². The first-order valence-electron chi connectivity index (χ1n) is 4.21.